The van der Waals surface area contributed by atoms with Gasteiger partial charge in [0, 0.05) is 0 Å². The van der Waals surface area contributed by atoms with Gasteiger partial charge in [-0.25, -0.2) is 0 Å². The van der Waals surface area contributed by atoms with Gasteiger partial charge in [-0.3, -0.25) is 0 Å². The number of benzene rings is 2. The minimum absolute atomic E-state index is 0. The fraction of sp³-hybridized carbons (Fsp3) is 0. The Morgan fingerprint density at radius 3 is 0.882 bits per heavy atom. The third kappa shape index (κ3) is 11.8. The molecule has 0 radical (unpaired) electrons. The zero-order valence-electron chi connectivity index (χ0n) is 8.92. The minimum Gasteiger partial charge on any atom is -1.00 e. The van der Waals surface area contributed by atoms with E-state index in [1.807, 2.05) is 12.1 Å². The summed E-state index contributed by atoms with van der Waals surface area (Å²) in [6.45, 7) is 0. The molecule has 2 rings (SSSR count). The Morgan fingerprint density at radius 1 is 0.529 bits per heavy atom. The van der Waals surface area contributed by atoms with E-state index in [1.54, 1.807) is 48.5 Å². The van der Waals surface area contributed by atoms with Crippen LogP contribution in [0.5, 0.6) is 11.5 Å². The van der Waals surface area contributed by atoms with Gasteiger partial charge in [0.05, 0.1) is 0 Å². The van der Waals surface area contributed by atoms with Crippen LogP contribution in [0.1, 0.15) is 0 Å². The SMILES string of the molecule is Oc1ccccc1.Oc1ccccc1.[Cl-].[Cl-].[Zr+2]. The first-order valence-corrected chi connectivity index (χ1v) is 4.27. The summed E-state index contributed by atoms with van der Waals surface area (Å²) in [5.41, 5.74) is 0. The maximum atomic E-state index is 8.63. The van der Waals surface area contributed by atoms with Crippen LogP contribution in [0.2, 0.25) is 0 Å². The van der Waals surface area contributed by atoms with Crippen molar-refractivity contribution in [3.8, 4) is 11.5 Å². The van der Waals surface area contributed by atoms with Crippen LogP contribution in [-0.2, 0) is 26.2 Å². The molecule has 0 saturated carbocycles. The fourth-order valence-electron chi connectivity index (χ4n) is 0.856. The van der Waals surface area contributed by atoms with Crippen LogP contribution in [-0.4, -0.2) is 10.2 Å². The van der Waals surface area contributed by atoms with Crippen molar-refractivity contribution in [1.82, 2.24) is 0 Å². The Balaban J connectivity index is -0.000000196. The van der Waals surface area contributed by atoms with Crippen LogP contribution in [0.4, 0.5) is 0 Å². The molecule has 0 aliphatic rings. The molecule has 2 aromatic carbocycles. The molecule has 0 atom stereocenters. The Morgan fingerprint density at radius 2 is 0.765 bits per heavy atom. The normalized spacial score (nSPS) is 7.06. The molecule has 5 heteroatoms. The van der Waals surface area contributed by atoms with Gasteiger partial charge in [0.15, 0.2) is 0 Å². The monoisotopic (exact) mass is 348 g/mol. The van der Waals surface area contributed by atoms with Crippen molar-refractivity contribution in [2.24, 2.45) is 0 Å². The zero-order chi connectivity index (χ0) is 10.2. The molecular weight excluding hydrogens is 338 g/mol. The van der Waals surface area contributed by atoms with Gasteiger partial charge in [-0.2, -0.15) is 0 Å². The summed E-state index contributed by atoms with van der Waals surface area (Å²) in [7, 11) is 0. The van der Waals surface area contributed by atoms with Crippen LogP contribution in [0.15, 0.2) is 60.7 Å². The summed E-state index contributed by atoms with van der Waals surface area (Å²) < 4.78 is 0. The smallest absolute Gasteiger partial charge is 1.00 e. The summed E-state index contributed by atoms with van der Waals surface area (Å²) in [6, 6.07) is 17.4. The number of phenolic OH excluding ortho intramolecular Hbond substituents is 2. The molecule has 0 aromatic heterocycles. The van der Waals surface area contributed by atoms with Crippen LogP contribution >= 0.6 is 0 Å². The molecule has 0 saturated heterocycles. The Bertz CT molecular complexity index is 320. The standard InChI is InChI=1S/2C6H6O.2ClH.Zr/c2*7-6-4-2-1-3-5-6;;;/h2*1-5,7H;2*1H;/q;;;;+2/p-2. The van der Waals surface area contributed by atoms with Gasteiger partial charge in [-0.1, -0.05) is 36.4 Å². The van der Waals surface area contributed by atoms with Crippen molar-refractivity contribution in [1.29, 1.82) is 0 Å². The van der Waals surface area contributed by atoms with Gasteiger partial charge in [-0.15, -0.1) is 0 Å². The van der Waals surface area contributed by atoms with E-state index >= 15 is 0 Å². The van der Waals surface area contributed by atoms with Crippen LogP contribution in [0, 0.1) is 0 Å². The second-order valence-corrected chi connectivity index (χ2v) is 2.67. The maximum Gasteiger partial charge on any atom is 2.00 e. The quantitative estimate of drug-likeness (QED) is 0.525. The predicted molar refractivity (Wildman–Crippen MR) is 56.2 cm³/mol. The topological polar surface area (TPSA) is 40.5 Å². The first-order chi connectivity index (χ1) is 6.79. The molecule has 0 heterocycles. The van der Waals surface area contributed by atoms with Crippen LogP contribution < -0.4 is 24.8 Å². The second-order valence-electron chi connectivity index (χ2n) is 2.67. The second kappa shape index (κ2) is 13.6. The van der Waals surface area contributed by atoms with Crippen molar-refractivity contribution in [3.63, 3.8) is 0 Å². The van der Waals surface area contributed by atoms with E-state index < -0.39 is 0 Å². The zero-order valence-corrected chi connectivity index (χ0v) is 12.9. The molecule has 17 heavy (non-hydrogen) atoms. The molecule has 0 spiro atoms. The summed E-state index contributed by atoms with van der Waals surface area (Å²) >= 11 is 0. The van der Waals surface area contributed by atoms with E-state index in [-0.39, 0.29) is 51.0 Å². The van der Waals surface area contributed by atoms with E-state index in [9.17, 15) is 0 Å². The molecular formula is C12H12Cl2O2Zr. The van der Waals surface area contributed by atoms with E-state index in [0.29, 0.717) is 11.5 Å². The molecule has 2 N–H and O–H groups in total. The molecule has 0 fully saturated rings. The summed E-state index contributed by atoms with van der Waals surface area (Å²) in [4.78, 5) is 0. The Labute approximate surface area is 133 Å². The van der Waals surface area contributed by atoms with Gasteiger partial charge in [0.1, 0.15) is 11.5 Å². The largest absolute Gasteiger partial charge is 2.00 e. The first-order valence-electron chi connectivity index (χ1n) is 4.27. The number of hydrogen-bond acceptors (Lipinski definition) is 2. The third-order valence-corrected chi connectivity index (χ3v) is 1.51. The van der Waals surface area contributed by atoms with Crippen molar-refractivity contribution in [2.45, 2.75) is 0 Å². The number of hydrogen-bond donors (Lipinski definition) is 2. The van der Waals surface area contributed by atoms with Gasteiger partial charge in [0.25, 0.3) is 0 Å². The molecule has 0 amide bonds. The molecule has 2 aromatic rings. The molecule has 0 aliphatic heterocycles. The van der Waals surface area contributed by atoms with Crippen LogP contribution in [0.3, 0.4) is 0 Å². The van der Waals surface area contributed by atoms with Crippen molar-refractivity contribution in [2.75, 3.05) is 0 Å². The van der Waals surface area contributed by atoms with Gasteiger partial charge < -0.3 is 35.0 Å². The average molecular weight is 350 g/mol. The van der Waals surface area contributed by atoms with Crippen molar-refractivity contribution < 1.29 is 61.2 Å². The Kier molecular flexibility index (Phi) is 17.4. The van der Waals surface area contributed by atoms with E-state index in [4.69, 9.17) is 10.2 Å². The fourth-order valence-corrected chi connectivity index (χ4v) is 0.856. The predicted octanol–water partition coefficient (Wildman–Crippen LogP) is -3.21. The number of halogens is 2. The molecule has 2 nitrogen and oxygen atoms in total. The number of phenols is 2. The van der Waals surface area contributed by atoms with E-state index in [0.717, 1.165) is 0 Å². The van der Waals surface area contributed by atoms with Gasteiger partial charge >= 0.3 is 26.2 Å². The van der Waals surface area contributed by atoms with Gasteiger partial charge in [0.2, 0.25) is 0 Å². The van der Waals surface area contributed by atoms with E-state index in [1.165, 1.54) is 0 Å². The number of aromatic hydroxyl groups is 2. The van der Waals surface area contributed by atoms with Crippen LogP contribution in [0.25, 0.3) is 0 Å². The summed E-state index contributed by atoms with van der Waals surface area (Å²) in [6.07, 6.45) is 0. The van der Waals surface area contributed by atoms with Gasteiger partial charge in [-0.05, 0) is 24.3 Å². The van der Waals surface area contributed by atoms with Crippen molar-refractivity contribution in [3.05, 3.63) is 60.7 Å². The first kappa shape index (κ1) is 21.8. The number of rotatable bonds is 0. The van der Waals surface area contributed by atoms with Crippen molar-refractivity contribution >= 4 is 0 Å². The maximum absolute atomic E-state index is 8.63. The summed E-state index contributed by atoms with van der Waals surface area (Å²) in [5.74, 6) is 0.644. The Hall–Kier alpha value is -0.497. The number of para-hydroxylation sites is 2. The summed E-state index contributed by atoms with van der Waals surface area (Å²) in [5, 5.41) is 17.3. The molecule has 0 bridgehead atoms. The molecule has 0 unspecified atom stereocenters. The minimum atomic E-state index is 0. The van der Waals surface area contributed by atoms with E-state index in [2.05, 4.69) is 0 Å². The molecule has 90 valence electrons. The molecule has 0 aliphatic carbocycles. The third-order valence-electron chi connectivity index (χ3n) is 1.51. The average Bonchev–Trinajstić information content (AvgIpc) is 2.21.